The van der Waals surface area contributed by atoms with Crippen LogP contribution in [0, 0.1) is 0 Å². The SMILES string of the molecule is Brc1ccc(C2CC2)[c]([Pb])c1. The molecule has 0 aromatic heterocycles. The molecule has 55 valence electrons. The summed E-state index contributed by atoms with van der Waals surface area (Å²) in [6, 6.07) is 6.71. The van der Waals surface area contributed by atoms with Crippen molar-refractivity contribution in [3.63, 3.8) is 0 Å². The summed E-state index contributed by atoms with van der Waals surface area (Å²) in [6.45, 7) is 0. The van der Waals surface area contributed by atoms with Crippen molar-refractivity contribution in [2.24, 2.45) is 0 Å². The Labute approximate surface area is 91.2 Å². The second-order valence-electron chi connectivity index (χ2n) is 3.01. The van der Waals surface area contributed by atoms with Crippen LogP contribution in [0.4, 0.5) is 0 Å². The summed E-state index contributed by atoms with van der Waals surface area (Å²) >= 11 is 4.67. The van der Waals surface area contributed by atoms with Gasteiger partial charge >= 0.3 is 91.8 Å². The molecular formula is C9H8BrPb. The molecule has 0 spiro atoms. The molecule has 0 N–H and O–H groups in total. The van der Waals surface area contributed by atoms with Crippen LogP contribution in [0.2, 0.25) is 0 Å². The molecule has 0 nitrogen and oxygen atoms in total. The van der Waals surface area contributed by atoms with Crippen LogP contribution in [-0.2, 0) is 0 Å². The van der Waals surface area contributed by atoms with E-state index in [9.17, 15) is 0 Å². The Morgan fingerprint density at radius 2 is 2.09 bits per heavy atom. The molecule has 1 aromatic carbocycles. The van der Waals surface area contributed by atoms with Crippen LogP contribution in [0.3, 0.4) is 0 Å². The number of benzene rings is 1. The van der Waals surface area contributed by atoms with Crippen LogP contribution in [0.1, 0.15) is 24.3 Å². The molecule has 1 saturated carbocycles. The second-order valence-corrected chi connectivity index (χ2v) is 6.02. The van der Waals surface area contributed by atoms with Crippen molar-refractivity contribution < 1.29 is 0 Å². The molecule has 0 aliphatic heterocycles. The van der Waals surface area contributed by atoms with Crippen LogP contribution < -0.4 is 3.12 Å². The fraction of sp³-hybridized carbons (Fsp3) is 0.333. The molecule has 2 rings (SSSR count). The predicted molar refractivity (Wildman–Crippen MR) is 51.5 cm³/mol. The first-order valence-corrected chi connectivity index (χ1v) is 6.52. The fourth-order valence-electron chi connectivity index (χ4n) is 1.28. The number of rotatable bonds is 1. The van der Waals surface area contributed by atoms with E-state index in [0.29, 0.717) is 0 Å². The summed E-state index contributed by atoms with van der Waals surface area (Å²) < 4.78 is 2.80. The normalized spacial score (nSPS) is 16.9. The first-order valence-electron chi connectivity index (χ1n) is 3.78. The molecule has 11 heavy (non-hydrogen) atoms. The minimum atomic E-state index is 0.913. The molecule has 3 radical (unpaired) electrons. The van der Waals surface area contributed by atoms with Gasteiger partial charge in [0.2, 0.25) is 0 Å². The van der Waals surface area contributed by atoms with Gasteiger partial charge in [0.05, 0.1) is 0 Å². The van der Waals surface area contributed by atoms with Gasteiger partial charge in [-0.05, 0) is 0 Å². The van der Waals surface area contributed by atoms with Gasteiger partial charge in [-0.15, -0.1) is 0 Å². The Bertz CT molecular complexity index is 279. The van der Waals surface area contributed by atoms with Crippen molar-refractivity contribution in [1.82, 2.24) is 0 Å². The molecule has 1 fully saturated rings. The van der Waals surface area contributed by atoms with E-state index < -0.39 is 0 Å². The Balaban J connectivity index is 2.39. The van der Waals surface area contributed by atoms with E-state index >= 15 is 0 Å². The van der Waals surface area contributed by atoms with E-state index in [-0.39, 0.29) is 0 Å². The van der Waals surface area contributed by atoms with Crippen LogP contribution in [0.15, 0.2) is 22.7 Å². The maximum atomic E-state index is 3.49. The third-order valence-corrected chi connectivity index (χ3v) is 4.21. The zero-order chi connectivity index (χ0) is 7.84. The minimum absolute atomic E-state index is 0.913. The van der Waals surface area contributed by atoms with Crippen LogP contribution >= 0.6 is 15.9 Å². The van der Waals surface area contributed by atoms with Gasteiger partial charge in [-0.3, -0.25) is 0 Å². The fourth-order valence-corrected chi connectivity index (χ4v) is 4.18. The Morgan fingerprint density at radius 3 is 2.64 bits per heavy atom. The average molecular weight is 403 g/mol. The van der Waals surface area contributed by atoms with Gasteiger partial charge < -0.3 is 0 Å². The van der Waals surface area contributed by atoms with Crippen LogP contribution in [0.5, 0.6) is 0 Å². The molecule has 2 heteroatoms. The van der Waals surface area contributed by atoms with E-state index in [2.05, 4.69) is 34.1 Å². The molecule has 0 atom stereocenters. The van der Waals surface area contributed by atoms with Crippen molar-refractivity contribution in [2.45, 2.75) is 18.8 Å². The standard InChI is InChI=1S/C9H8Br.Pb/c10-9-5-3-8(4-6-9)7-1-2-7;/h3,5-7H,1-2H2;. The van der Waals surface area contributed by atoms with Gasteiger partial charge in [0.25, 0.3) is 0 Å². The van der Waals surface area contributed by atoms with Crippen molar-refractivity contribution in [3.8, 4) is 0 Å². The van der Waals surface area contributed by atoms with E-state index in [1.165, 1.54) is 43.1 Å². The first kappa shape index (κ1) is 8.23. The summed E-state index contributed by atoms with van der Waals surface area (Å²) in [5, 5.41) is 0. The number of hydrogen-bond acceptors (Lipinski definition) is 0. The van der Waals surface area contributed by atoms with E-state index in [4.69, 9.17) is 0 Å². The molecule has 0 saturated heterocycles. The summed E-state index contributed by atoms with van der Waals surface area (Å²) in [7, 11) is 0. The maximum absolute atomic E-state index is 3.49. The quantitative estimate of drug-likeness (QED) is 0.631. The number of halogens is 1. The topological polar surface area (TPSA) is 0 Å². The Morgan fingerprint density at radius 1 is 1.36 bits per heavy atom. The molecular weight excluding hydrogens is 395 g/mol. The van der Waals surface area contributed by atoms with Gasteiger partial charge in [-0.25, -0.2) is 0 Å². The third-order valence-electron chi connectivity index (χ3n) is 2.03. The first-order chi connectivity index (χ1) is 5.27. The van der Waals surface area contributed by atoms with E-state index in [1.54, 1.807) is 8.69 Å². The van der Waals surface area contributed by atoms with E-state index in [1.807, 2.05) is 0 Å². The monoisotopic (exact) mass is 403 g/mol. The van der Waals surface area contributed by atoms with Crippen LogP contribution in [0.25, 0.3) is 0 Å². The van der Waals surface area contributed by atoms with Crippen molar-refractivity contribution >= 4 is 44.8 Å². The molecule has 1 aliphatic rings. The van der Waals surface area contributed by atoms with Crippen molar-refractivity contribution in [1.29, 1.82) is 0 Å². The summed E-state index contributed by atoms with van der Waals surface area (Å²) in [6.07, 6.45) is 2.83. The van der Waals surface area contributed by atoms with Gasteiger partial charge in [-0.1, -0.05) is 0 Å². The molecule has 0 heterocycles. The van der Waals surface area contributed by atoms with Crippen LogP contribution in [-0.4, -0.2) is 25.8 Å². The predicted octanol–water partition coefficient (Wildman–Crippen LogP) is 2.12. The summed E-state index contributed by atoms with van der Waals surface area (Å²) in [5.74, 6) is 0.913. The van der Waals surface area contributed by atoms with Gasteiger partial charge in [0, 0.05) is 0 Å². The summed E-state index contributed by atoms with van der Waals surface area (Å²) in [4.78, 5) is 0. The zero-order valence-electron chi connectivity index (χ0n) is 6.10. The van der Waals surface area contributed by atoms with Crippen molar-refractivity contribution in [3.05, 3.63) is 28.2 Å². The second kappa shape index (κ2) is 3.17. The van der Waals surface area contributed by atoms with Gasteiger partial charge in [-0.2, -0.15) is 0 Å². The number of hydrogen-bond donors (Lipinski definition) is 0. The molecule has 1 aliphatic carbocycles. The molecule has 1 aromatic rings. The Kier molecular flexibility index (Phi) is 2.37. The Hall–Kier alpha value is 0.622. The van der Waals surface area contributed by atoms with Gasteiger partial charge in [0.15, 0.2) is 0 Å². The average Bonchev–Trinajstić information content (AvgIpc) is 2.70. The zero-order valence-corrected chi connectivity index (χ0v) is 11.6. The third kappa shape index (κ3) is 1.86. The molecule has 0 amide bonds. The molecule has 0 bridgehead atoms. The van der Waals surface area contributed by atoms with Gasteiger partial charge in [0.1, 0.15) is 0 Å². The van der Waals surface area contributed by atoms with Crippen molar-refractivity contribution in [2.75, 3.05) is 0 Å². The molecule has 0 unspecified atom stereocenters. The van der Waals surface area contributed by atoms with E-state index in [0.717, 1.165) is 5.92 Å². The summed E-state index contributed by atoms with van der Waals surface area (Å²) in [5.41, 5.74) is 1.61.